The molecule has 1 saturated carbocycles. The van der Waals surface area contributed by atoms with Crippen molar-refractivity contribution in [3.8, 4) is 5.75 Å². The summed E-state index contributed by atoms with van der Waals surface area (Å²) in [4.78, 5) is 8.65. The number of aliphatic imine (C=N–C) groups is 1. The third-order valence-corrected chi connectivity index (χ3v) is 3.77. The summed E-state index contributed by atoms with van der Waals surface area (Å²) >= 11 is 0. The molecular formula is C16H24N6O. The van der Waals surface area contributed by atoms with Crippen LogP contribution in [-0.4, -0.2) is 22.6 Å². The molecule has 1 aliphatic carbocycles. The molecule has 3 rings (SSSR count). The number of amidine groups is 1. The van der Waals surface area contributed by atoms with E-state index >= 15 is 0 Å². The van der Waals surface area contributed by atoms with Crippen molar-refractivity contribution in [2.24, 2.45) is 16.5 Å². The lowest BCUT2D eigenvalue weighted by Gasteiger charge is -2.26. The van der Waals surface area contributed by atoms with Crippen LogP contribution in [0.5, 0.6) is 5.75 Å². The molecule has 0 aromatic carbocycles. The first kappa shape index (κ1) is 15.6. The average Bonchev–Trinajstić information content (AvgIpc) is 3.25. The Hall–Kier alpha value is -2.28. The minimum atomic E-state index is -0.908. The molecular weight excluding hydrogens is 292 g/mol. The highest BCUT2D eigenvalue weighted by atomic mass is 16.5. The lowest BCUT2D eigenvalue weighted by atomic mass is 10.0. The topological polar surface area (TPSA) is 111 Å². The highest BCUT2D eigenvalue weighted by molar-refractivity contribution is 5.96. The molecule has 1 atom stereocenters. The first-order valence-electron chi connectivity index (χ1n) is 7.91. The van der Waals surface area contributed by atoms with Crippen LogP contribution in [0.25, 0.3) is 0 Å². The molecule has 6 N–H and O–H groups in total. The minimum Gasteiger partial charge on any atom is -0.451 e. The van der Waals surface area contributed by atoms with Crippen molar-refractivity contribution in [1.82, 2.24) is 10.3 Å². The van der Waals surface area contributed by atoms with E-state index in [-0.39, 0.29) is 11.8 Å². The second kappa shape index (κ2) is 5.73. The minimum absolute atomic E-state index is 0.275. The monoisotopic (exact) mass is 316 g/mol. The van der Waals surface area contributed by atoms with Gasteiger partial charge in [-0.05, 0) is 25.7 Å². The van der Waals surface area contributed by atoms with Crippen molar-refractivity contribution in [3.63, 3.8) is 0 Å². The van der Waals surface area contributed by atoms with Crippen molar-refractivity contribution in [2.75, 3.05) is 5.32 Å². The Bertz CT molecular complexity index is 661. The van der Waals surface area contributed by atoms with Crippen LogP contribution in [0, 0.1) is 0 Å². The molecule has 0 radical (unpaired) electrons. The number of ether oxygens (including phenoxy) is 1. The summed E-state index contributed by atoms with van der Waals surface area (Å²) in [5.41, 5.74) is 12.9. The maximum absolute atomic E-state index is 6.00. The van der Waals surface area contributed by atoms with Gasteiger partial charge >= 0.3 is 0 Å². The standard InChI is InChI=1S/C16H24N6O/c1-9(2)11-7-19-14(21-10-4-5-10)6-12(11)23-13-8-20-16(3,18)22-15(13)17/h6-10,20H,4-5,18H2,1-3H3,(H2,17,22)(H,19,21). The Kier molecular flexibility index (Phi) is 3.89. The number of rotatable bonds is 5. The summed E-state index contributed by atoms with van der Waals surface area (Å²) in [6.07, 6.45) is 5.88. The zero-order valence-corrected chi connectivity index (χ0v) is 13.8. The molecule has 0 amide bonds. The summed E-state index contributed by atoms with van der Waals surface area (Å²) < 4.78 is 6.00. The van der Waals surface area contributed by atoms with Crippen molar-refractivity contribution < 1.29 is 4.74 Å². The molecule has 23 heavy (non-hydrogen) atoms. The van der Waals surface area contributed by atoms with Gasteiger partial charge in [0, 0.05) is 30.1 Å². The molecule has 2 aliphatic rings. The summed E-state index contributed by atoms with van der Waals surface area (Å²) in [6, 6.07) is 2.44. The van der Waals surface area contributed by atoms with E-state index in [1.807, 2.05) is 12.3 Å². The lowest BCUT2D eigenvalue weighted by molar-refractivity contribution is 0.388. The maximum Gasteiger partial charge on any atom is 0.184 e. The fourth-order valence-electron chi connectivity index (χ4n) is 2.31. The third kappa shape index (κ3) is 3.73. The van der Waals surface area contributed by atoms with Crippen LogP contribution in [0.2, 0.25) is 0 Å². The van der Waals surface area contributed by atoms with Crippen LogP contribution < -0.4 is 26.8 Å². The molecule has 1 fully saturated rings. The van der Waals surface area contributed by atoms with E-state index in [1.165, 1.54) is 12.8 Å². The average molecular weight is 316 g/mol. The van der Waals surface area contributed by atoms with Crippen molar-refractivity contribution >= 4 is 11.7 Å². The van der Waals surface area contributed by atoms with E-state index in [0.717, 1.165) is 17.1 Å². The number of anilines is 1. The van der Waals surface area contributed by atoms with Gasteiger partial charge in [0.15, 0.2) is 17.4 Å². The fourth-order valence-corrected chi connectivity index (χ4v) is 2.31. The number of nitrogens with zero attached hydrogens (tertiary/aromatic N) is 2. The summed E-state index contributed by atoms with van der Waals surface area (Å²) in [5, 5.41) is 6.33. The van der Waals surface area contributed by atoms with E-state index in [0.29, 0.717) is 11.8 Å². The first-order chi connectivity index (χ1) is 10.8. The van der Waals surface area contributed by atoms with Gasteiger partial charge in [0.1, 0.15) is 11.6 Å². The Morgan fingerprint density at radius 3 is 2.78 bits per heavy atom. The highest BCUT2D eigenvalue weighted by Crippen LogP contribution is 2.31. The van der Waals surface area contributed by atoms with Crippen LogP contribution in [0.3, 0.4) is 0 Å². The van der Waals surface area contributed by atoms with E-state index in [2.05, 4.69) is 34.5 Å². The van der Waals surface area contributed by atoms with Crippen LogP contribution in [0.15, 0.2) is 29.2 Å². The molecule has 0 spiro atoms. The third-order valence-electron chi connectivity index (χ3n) is 3.77. The number of hydrogen-bond donors (Lipinski definition) is 4. The van der Waals surface area contributed by atoms with Crippen LogP contribution in [0.4, 0.5) is 5.82 Å². The zero-order chi connectivity index (χ0) is 16.6. The quantitative estimate of drug-likeness (QED) is 0.656. The molecule has 0 bridgehead atoms. The second-order valence-electron chi connectivity index (χ2n) is 6.58. The molecule has 0 saturated heterocycles. The van der Waals surface area contributed by atoms with Gasteiger partial charge in [-0.1, -0.05) is 13.8 Å². The maximum atomic E-state index is 6.00. The van der Waals surface area contributed by atoms with E-state index in [9.17, 15) is 0 Å². The number of pyridine rings is 1. The Labute approximate surface area is 136 Å². The second-order valence-corrected chi connectivity index (χ2v) is 6.58. The predicted octanol–water partition coefficient (Wildman–Crippen LogP) is 1.59. The number of nitrogens with two attached hydrogens (primary N) is 2. The summed E-state index contributed by atoms with van der Waals surface area (Å²) in [7, 11) is 0. The molecule has 1 aromatic rings. The van der Waals surface area contributed by atoms with Gasteiger partial charge in [-0.3, -0.25) is 5.73 Å². The molecule has 124 valence electrons. The summed E-state index contributed by atoms with van der Waals surface area (Å²) in [6.45, 7) is 5.93. The molecule has 7 heteroatoms. The van der Waals surface area contributed by atoms with Gasteiger partial charge in [0.2, 0.25) is 0 Å². The molecule has 7 nitrogen and oxygen atoms in total. The largest absolute Gasteiger partial charge is 0.451 e. The Balaban J connectivity index is 1.85. The van der Waals surface area contributed by atoms with Gasteiger partial charge in [0.25, 0.3) is 0 Å². The molecule has 2 heterocycles. The summed E-state index contributed by atoms with van der Waals surface area (Å²) in [5.74, 6) is 1.65. The van der Waals surface area contributed by atoms with Crippen LogP contribution in [0.1, 0.15) is 45.1 Å². The van der Waals surface area contributed by atoms with Gasteiger partial charge in [-0.2, -0.15) is 0 Å². The van der Waals surface area contributed by atoms with Gasteiger partial charge in [-0.15, -0.1) is 0 Å². The van der Waals surface area contributed by atoms with Crippen LogP contribution in [-0.2, 0) is 0 Å². The number of hydrogen-bond acceptors (Lipinski definition) is 7. The van der Waals surface area contributed by atoms with E-state index in [1.54, 1.807) is 13.1 Å². The fraction of sp³-hybridized carbons (Fsp3) is 0.500. The van der Waals surface area contributed by atoms with Gasteiger partial charge in [0.05, 0.1) is 0 Å². The van der Waals surface area contributed by atoms with Crippen molar-refractivity contribution in [2.45, 2.75) is 51.4 Å². The van der Waals surface area contributed by atoms with Gasteiger partial charge in [-0.25, -0.2) is 9.98 Å². The molecule has 1 unspecified atom stereocenters. The van der Waals surface area contributed by atoms with E-state index < -0.39 is 5.79 Å². The van der Waals surface area contributed by atoms with Crippen molar-refractivity contribution in [3.05, 3.63) is 29.8 Å². The lowest BCUT2D eigenvalue weighted by Crippen LogP contribution is -2.51. The number of nitrogens with one attached hydrogen (secondary N) is 2. The highest BCUT2D eigenvalue weighted by Gasteiger charge is 2.25. The Morgan fingerprint density at radius 1 is 1.43 bits per heavy atom. The zero-order valence-electron chi connectivity index (χ0n) is 13.8. The SMILES string of the molecule is CC(C)c1cnc(NC2CC2)cc1OC1=CNC(C)(N)N=C1N. The first-order valence-corrected chi connectivity index (χ1v) is 7.91. The number of aromatic nitrogens is 1. The van der Waals surface area contributed by atoms with Crippen molar-refractivity contribution in [1.29, 1.82) is 0 Å². The molecule has 1 aliphatic heterocycles. The van der Waals surface area contributed by atoms with E-state index in [4.69, 9.17) is 16.2 Å². The normalized spacial score (nSPS) is 23.9. The van der Waals surface area contributed by atoms with Gasteiger partial charge < -0.3 is 21.1 Å². The molecule has 1 aromatic heterocycles. The van der Waals surface area contributed by atoms with Crippen LogP contribution >= 0.6 is 0 Å². The Morgan fingerprint density at radius 2 is 2.17 bits per heavy atom. The smallest absolute Gasteiger partial charge is 0.184 e. The predicted molar refractivity (Wildman–Crippen MR) is 91.0 cm³/mol.